The zero-order chi connectivity index (χ0) is 14.1. The summed E-state index contributed by atoms with van der Waals surface area (Å²) in [6.07, 6.45) is 0. The van der Waals surface area contributed by atoms with E-state index in [2.05, 4.69) is 5.16 Å². The molecule has 0 bridgehead atoms. The zero-order valence-electron chi connectivity index (χ0n) is 11.3. The molecule has 106 valence electrons. The summed E-state index contributed by atoms with van der Waals surface area (Å²) in [6, 6.07) is 5.46. The number of benzene rings is 1. The second-order valence-electron chi connectivity index (χ2n) is 3.89. The predicted octanol–water partition coefficient (Wildman–Crippen LogP) is 1.13. The molecule has 1 aromatic rings. The Hall–Kier alpha value is -1.79. The number of rotatable bonds is 8. The second kappa shape index (κ2) is 8.34. The molecule has 0 spiro atoms. The molecule has 6 heteroatoms. The van der Waals surface area contributed by atoms with Crippen LogP contribution in [0.15, 0.2) is 23.4 Å². The molecule has 0 aliphatic carbocycles. The Morgan fingerprint density at radius 1 is 1.26 bits per heavy atom. The minimum atomic E-state index is 0.0269. The van der Waals surface area contributed by atoms with Gasteiger partial charge >= 0.3 is 0 Å². The Morgan fingerprint density at radius 2 is 2.00 bits per heavy atom. The molecule has 0 radical (unpaired) electrons. The SMILES string of the molecule is COCCOCCOc1c(C)cccc1/C(N)=N/O. The molecule has 6 nitrogen and oxygen atoms in total. The number of aryl methyl sites for hydroxylation is 1. The smallest absolute Gasteiger partial charge is 0.173 e. The molecular formula is C13H20N2O4. The minimum Gasteiger partial charge on any atom is -0.490 e. The molecule has 0 amide bonds. The lowest BCUT2D eigenvalue weighted by molar-refractivity contribution is 0.0543. The first-order chi connectivity index (χ1) is 9.20. The summed E-state index contributed by atoms with van der Waals surface area (Å²) >= 11 is 0. The van der Waals surface area contributed by atoms with E-state index in [0.29, 0.717) is 37.7 Å². The van der Waals surface area contributed by atoms with Crippen molar-refractivity contribution in [2.45, 2.75) is 6.92 Å². The molecular weight excluding hydrogens is 248 g/mol. The lowest BCUT2D eigenvalue weighted by Gasteiger charge is -2.13. The summed E-state index contributed by atoms with van der Waals surface area (Å²) in [4.78, 5) is 0. The van der Waals surface area contributed by atoms with Crippen molar-refractivity contribution < 1.29 is 19.4 Å². The van der Waals surface area contributed by atoms with Gasteiger partial charge in [-0.05, 0) is 18.6 Å². The average Bonchev–Trinajstić information content (AvgIpc) is 2.43. The monoisotopic (exact) mass is 268 g/mol. The van der Waals surface area contributed by atoms with Gasteiger partial charge in [0.05, 0.1) is 25.4 Å². The number of nitrogens with zero attached hydrogens (tertiary/aromatic N) is 1. The van der Waals surface area contributed by atoms with E-state index in [-0.39, 0.29) is 5.84 Å². The Balaban J connectivity index is 2.57. The van der Waals surface area contributed by atoms with Crippen molar-refractivity contribution in [3.63, 3.8) is 0 Å². The van der Waals surface area contributed by atoms with E-state index in [9.17, 15) is 0 Å². The number of amidine groups is 1. The highest BCUT2D eigenvalue weighted by atomic mass is 16.5. The summed E-state index contributed by atoms with van der Waals surface area (Å²) in [5.41, 5.74) is 7.09. The zero-order valence-corrected chi connectivity index (χ0v) is 11.3. The topological polar surface area (TPSA) is 86.3 Å². The van der Waals surface area contributed by atoms with E-state index in [0.717, 1.165) is 5.56 Å². The fraction of sp³-hybridized carbons (Fsp3) is 0.462. The second-order valence-corrected chi connectivity index (χ2v) is 3.89. The molecule has 0 unspecified atom stereocenters. The predicted molar refractivity (Wildman–Crippen MR) is 71.9 cm³/mol. The highest BCUT2D eigenvalue weighted by molar-refractivity contribution is 5.99. The van der Waals surface area contributed by atoms with Crippen molar-refractivity contribution >= 4 is 5.84 Å². The third-order valence-corrected chi connectivity index (χ3v) is 2.50. The van der Waals surface area contributed by atoms with Crippen LogP contribution in [0.2, 0.25) is 0 Å². The van der Waals surface area contributed by atoms with Gasteiger partial charge in [0, 0.05) is 7.11 Å². The standard InChI is InChI=1S/C13H20N2O4/c1-10-4-3-5-11(13(14)15-16)12(10)19-9-8-18-7-6-17-2/h3-5,16H,6-9H2,1-2H3,(H2,14,15). The molecule has 0 saturated heterocycles. The first-order valence-electron chi connectivity index (χ1n) is 5.97. The molecule has 19 heavy (non-hydrogen) atoms. The average molecular weight is 268 g/mol. The molecule has 1 rings (SSSR count). The Morgan fingerprint density at radius 3 is 2.68 bits per heavy atom. The van der Waals surface area contributed by atoms with Crippen molar-refractivity contribution in [1.82, 2.24) is 0 Å². The van der Waals surface area contributed by atoms with Crippen LogP contribution in [0.5, 0.6) is 5.75 Å². The molecule has 0 saturated carbocycles. The van der Waals surface area contributed by atoms with Crippen LogP contribution < -0.4 is 10.5 Å². The van der Waals surface area contributed by atoms with E-state index in [1.165, 1.54) is 0 Å². The number of hydrogen-bond donors (Lipinski definition) is 2. The van der Waals surface area contributed by atoms with E-state index in [1.54, 1.807) is 13.2 Å². The number of ether oxygens (including phenoxy) is 3. The molecule has 0 fully saturated rings. The van der Waals surface area contributed by atoms with Crippen LogP contribution in [0, 0.1) is 6.92 Å². The molecule has 0 heterocycles. The maximum absolute atomic E-state index is 8.74. The van der Waals surface area contributed by atoms with Gasteiger partial charge in [-0.25, -0.2) is 0 Å². The maximum Gasteiger partial charge on any atom is 0.173 e. The summed E-state index contributed by atoms with van der Waals surface area (Å²) < 4.78 is 15.8. The van der Waals surface area contributed by atoms with E-state index < -0.39 is 0 Å². The van der Waals surface area contributed by atoms with Gasteiger partial charge in [0.2, 0.25) is 0 Å². The first-order valence-corrected chi connectivity index (χ1v) is 5.97. The van der Waals surface area contributed by atoms with Crippen LogP contribution in [0.4, 0.5) is 0 Å². The number of para-hydroxylation sites is 1. The first kappa shape index (κ1) is 15.3. The molecule has 1 aromatic carbocycles. The van der Waals surface area contributed by atoms with E-state index in [4.69, 9.17) is 25.2 Å². The van der Waals surface area contributed by atoms with Crippen molar-refractivity contribution in [2.24, 2.45) is 10.9 Å². The maximum atomic E-state index is 8.74. The summed E-state index contributed by atoms with van der Waals surface area (Å²) in [6.45, 7) is 3.82. The van der Waals surface area contributed by atoms with Gasteiger partial charge in [-0.1, -0.05) is 17.3 Å². The lowest BCUT2D eigenvalue weighted by Crippen LogP contribution is -2.17. The van der Waals surface area contributed by atoms with Gasteiger partial charge in [0.15, 0.2) is 5.84 Å². The molecule has 0 aromatic heterocycles. The number of nitrogens with two attached hydrogens (primary N) is 1. The van der Waals surface area contributed by atoms with E-state index >= 15 is 0 Å². The number of oxime groups is 1. The number of methoxy groups -OCH3 is 1. The van der Waals surface area contributed by atoms with Crippen LogP contribution >= 0.6 is 0 Å². The fourth-order valence-electron chi connectivity index (χ4n) is 1.55. The van der Waals surface area contributed by atoms with Gasteiger partial charge in [-0.15, -0.1) is 0 Å². The normalized spacial score (nSPS) is 11.6. The highest BCUT2D eigenvalue weighted by Gasteiger charge is 2.10. The van der Waals surface area contributed by atoms with Crippen LogP contribution in [-0.4, -0.2) is 44.6 Å². The largest absolute Gasteiger partial charge is 0.490 e. The summed E-state index contributed by atoms with van der Waals surface area (Å²) in [7, 11) is 1.62. The quantitative estimate of drug-likeness (QED) is 0.243. The fourth-order valence-corrected chi connectivity index (χ4v) is 1.55. The minimum absolute atomic E-state index is 0.0269. The molecule has 0 atom stereocenters. The Bertz CT molecular complexity index is 421. The van der Waals surface area contributed by atoms with Gasteiger partial charge in [-0.3, -0.25) is 0 Å². The Kier molecular flexibility index (Phi) is 6.70. The molecule has 3 N–H and O–H groups in total. The molecule has 0 aliphatic rings. The van der Waals surface area contributed by atoms with Crippen molar-refractivity contribution in [3.8, 4) is 5.75 Å². The highest BCUT2D eigenvalue weighted by Crippen LogP contribution is 2.23. The van der Waals surface area contributed by atoms with Crippen LogP contribution in [-0.2, 0) is 9.47 Å². The van der Waals surface area contributed by atoms with Crippen molar-refractivity contribution in [3.05, 3.63) is 29.3 Å². The van der Waals surface area contributed by atoms with Crippen LogP contribution in [0.25, 0.3) is 0 Å². The Labute approximate surface area is 112 Å². The third-order valence-electron chi connectivity index (χ3n) is 2.50. The number of hydrogen-bond acceptors (Lipinski definition) is 5. The molecule has 0 aliphatic heterocycles. The van der Waals surface area contributed by atoms with Crippen LogP contribution in [0.1, 0.15) is 11.1 Å². The van der Waals surface area contributed by atoms with Crippen LogP contribution in [0.3, 0.4) is 0 Å². The van der Waals surface area contributed by atoms with E-state index in [1.807, 2.05) is 19.1 Å². The van der Waals surface area contributed by atoms with Crippen molar-refractivity contribution in [1.29, 1.82) is 0 Å². The van der Waals surface area contributed by atoms with Gasteiger partial charge < -0.3 is 25.2 Å². The van der Waals surface area contributed by atoms with Crippen molar-refractivity contribution in [2.75, 3.05) is 33.5 Å². The van der Waals surface area contributed by atoms with Gasteiger partial charge in [-0.2, -0.15) is 0 Å². The third kappa shape index (κ3) is 4.76. The lowest BCUT2D eigenvalue weighted by atomic mass is 10.1. The summed E-state index contributed by atoms with van der Waals surface area (Å²) in [5.74, 6) is 0.632. The van der Waals surface area contributed by atoms with Gasteiger partial charge in [0.25, 0.3) is 0 Å². The summed E-state index contributed by atoms with van der Waals surface area (Å²) in [5, 5.41) is 11.7. The van der Waals surface area contributed by atoms with Gasteiger partial charge in [0.1, 0.15) is 12.4 Å².